The Morgan fingerprint density at radius 1 is 1.07 bits per heavy atom. The lowest BCUT2D eigenvalue weighted by Crippen LogP contribution is -2.39. The smallest absolute Gasteiger partial charge is 0.228 e. The van der Waals surface area contributed by atoms with Crippen LogP contribution in [0.15, 0.2) is 27.7 Å². The number of benzene rings is 1. The van der Waals surface area contributed by atoms with Crippen molar-refractivity contribution in [3.8, 4) is 11.5 Å². The summed E-state index contributed by atoms with van der Waals surface area (Å²) in [5.74, 6) is 3.57. The highest BCUT2D eigenvalue weighted by atomic mass is 127. The molecule has 28 heavy (non-hydrogen) atoms. The van der Waals surface area contributed by atoms with Crippen molar-refractivity contribution in [3.05, 3.63) is 35.5 Å². The maximum absolute atomic E-state index is 5.67. The summed E-state index contributed by atoms with van der Waals surface area (Å²) >= 11 is 0. The third-order valence-electron chi connectivity index (χ3n) is 3.74. The van der Waals surface area contributed by atoms with Gasteiger partial charge in [0.05, 0.1) is 13.2 Å². The van der Waals surface area contributed by atoms with Crippen molar-refractivity contribution >= 4 is 29.9 Å². The minimum atomic E-state index is 0. The quantitative estimate of drug-likeness (QED) is 0.293. The molecule has 2 rings (SSSR count). The standard InChI is InChI=1S/C19H29N5O3.HI/c1-5-25-16-8-7-15(13-17(16)26-6-2)9-11-21-19(20-4)22-12-10-18-23-14(3)24-27-18;/h7-8,13H,5-6,9-12H2,1-4H3,(H2,20,21,22);1H. The molecule has 0 amide bonds. The van der Waals surface area contributed by atoms with Crippen molar-refractivity contribution < 1.29 is 14.0 Å². The van der Waals surface area contributed by atoms with Gasteiger partial charge < -0.3 is 24.6 Å². The van der Waals surface area contributed by atoms with Crippen molar-refractivity contribution in [2.45, 2.75) is 33.6 Å². The molecule has 2 N–H and O–H groups in total. The van der Waals surface area contributed by atoms with Gasteiger partial charge in [0.2, 0.25) is 5.89 Å². The second-order valence-electron chi connectivity index (χ2n) is 5.81. The summed E-state index contributed by atoms with van der Waals surface area (Å²) in [4.78, 5) is 8.40. The first-order chi connectivity index (χ1) is 13.2. The first-order valence-electron chi connectivity index (χ1n) is 9.28. The van der Waals surface area contributed by atoms with E-state index in [0.717, 1.165) is 30.4 Å². The molecular weight excluding hydrogens is 473 g/mol. The Bertz CT molecular complexity index is 736. The largest absolute Gasteiger partial charge is 0.490 e. The van der Waals surface area contributed by atoms with Gasteiger partial charge in [0.15, 0.2) is 23.3 Å². The van der Waals surface area contributed by atoms with E-state index in [4.69, 9.17) is 14.0 Å². The van der Waals surface area contributed by atoms with E-state index in [-0.39, 0.29) is 24.0 Å². The molecule has 0 aliphatic carbocycles. The van der Waals surface area contributed by atoms with Crippen LogP contribution in [0.2, 0.25) is 0 Å². The molecule has 0 bridgehead atoms. The second-order valence-corrected chi connectivity index (χ2v) is 5.81. The van der Waals surface area contributed by atoms with Gasteiger partial charge in [-0.25, -0.2) is 0 Å². The van der Waals surface area contributed by atoms with Crippen LogP contribution in [-0.4, -0.2) is 49.5 Å². The fraction of sp³-hybridized carbons (Fsp3) is 0.526. The maximum atomic E-state index is 5.67. The van der Waals surface area contributed by atoms with Gasteiger partial charge >= 0.3 is 0 Å². The summed E-state index contributed by atoms with van der Waals surface area (Å²) in [7, 11) is 1.75. The van der Waals surface area contributed by atoms with Crippen molar-refractivity contribution in [3.63, 3.8) is 0 Å². The predicted octanol–water partition coefficient (Wildman–Crippen LogP) is 2.74. The average Bonchev–Trinajstić information content (AvgIpc) is 3.08. The van der Waals surface area contributed by atoms with Crippen LogP contribution in [0.5, 0.6) is 11.5 Å². The second kappa shape index (κ2) is 13.2. The van der Waals surface area contributed by atoms with E-state index >= 15 is 0 Å². The zero-order valence-corrected chi connectivity index (χ0v) is 19.3. The molecule has 0 aliphatic heterocycles. The highest BCUT2D eigenvalue weighted by Gasteiger charge is 2.07. The Hall–Kier alpha value is -2.04. The molecule has 8 nitrogen and oxygen atoms in total. The molecule has 0 saturated heterocycles. The van der Waals surface area contributed by atoms with Crippen LogP contribution in [0.3, 0.4) is 0 Å². The zero-order chi connectivity index (χ0) is 19.5. The number of rotatable bonds is 10. The minimum absolute atomic E-state index is 0. The lowest BCUT2D eigenvalue weighted by Gasteiger charge is -2.14. The Morgan fingerprint density at radius 2 is 1.75 bits per heavy atom. The van der Waals surface area contributed by atoms with E-state index in [1.807, 2.05) is 26.0 Å². The molecule has 1 heterocycles. The number of guanidine groups is 1. The first kappa shape index (κ1) is 24.0. The number of ether oxygens (including phenoxy) is 2. The van der Waals surface area contributed by atoms with Crippen molar-refractivity contribution in [2.75, 3.05) is 33.4 Å². The lowest BCUT2D eigenvalue weighted by atomic mass is 10.1. The monoisotopic (exact) mass is 503 g/mol. The van der Waals surface area contributed by atoms with E-state index in [1.54, 1.807) is 14.0 Å². The van der Waals surface area contributed by atoms with E-state index in [1.165, 1.54) is 5.56 Å². The fourth-order valence-electron chi connectivity index (χ4n) is 2.53. The summed E-state index contributed by atoms with van der Waals surface area (Å²) < 4.78 is 16.4. The van der Waals surface area contributed by atoms with Crippen LogP contribution < -0.4 is 20.1 Å². The van der Waals surface area contributed by atoms with Crippen LogP contribution in [-0.2, 0) is 12.8 Å². The van der Waals surface area contributed by atoms with Gasteiger partial charge in [0, 0.05) is 26.6 Å². The summed E-state index contributed by atoms with van der Waals surface area (Å²) in [6, 6.07) is 6.05. The molecule has 0 fully saturated rings. The number of aliphatic imine (C=N–C) groups is 1. The first-order valence-corrected chi connectivity index (χ1v) is 9.28. The number of hydrogen-bond acceptors (Lipinski definition) is 6. The van der Waals surface area contributed by atoms with Crippen LogP contribution >= 0.6 is 24.0 Å². The molecule has 9 heteroatoms. The minimum Gasteiger partial charge on any atom is -0.490 e. The molecule has 2 aromatic rings. The highest BCUT2D eigenvalue weighted by molar-refractivity contribution is 14.0. The lowest BCUT2D eigenvalue weighted by molar-refractivity contribution is 0.287. The molecule has 0 atom stereocenters. The highest BCUT2D eigenvalue weighted by Crippen LogP contribution is 2.28. The van der Waals surface area contributed by atoms with Gasteiger partial charge in [-0.15, -0.1) is 24.0 Å². The van der Waals surface area contributed by atoms with E-state index in [9.17, 15) is 0 Å². The number of hydrogen-bond donors (Lipinski definition) is 2. The van der Waals surface area contributed by atoms with Gasteiger partial charge in [0.25, 0.3) is 0 Å². The number of halogens is 1. The molecule has 1 aromatic heterocycles. The van der Waals surface area contributed by atoms with Gasteiger partial charge in [-0.3, -0.25) is 4.99 Å². The number of nitrogens with one attached hydrogen (secondary N) is 2. The summed E-state index contributed by atoms with van der Waals surface area (Å²) in [5.41, 5.74) is 1.17. The van der Waals surface area contributed by atoms with E-state index < -0.39 is 0 Å². The fourth-order valence-corrected chi connectivity index (χ4v) is 2.53. The van der Waals surface area contributed by atoms with E-state index in [0.29, 0.717) is 37.9 Å². The average molecular weight is 503 g/mol. The van der Waals surface area contributed by atoms with Crippen LogP contribution in [0.4, 0.5) is 0 Å². The zero-order valence-electron chi connectivity index (χ0n) is 16.9. The van der Waals surface area contributed by atoms with E-state index in [2.05, 4.69) is 31.8 Å². The molecule has 0 spiro atoms. The van der Waals surface area contributed by atoms with Gasteiger partial charge in [-0.2, -0.15) is 4.98 Å². The van der Waals surface area contributed by atoms with Crippen LogP contribution in [0.25, 0.3) is 0 Å². The number of aromatic nitrogens is 2. The van der Waals surface area contributed by atoms with Gasteiger partial charge in [-0.05, 0) is 44.9 Å². The molecule has 0 saturated carbocycles. The maximum Gasteiger partial charge on any atom is 0.228 e. The van der Waals surface area contributed by atoms with Crippen LogP contribution in [0.1, 0.15) is 31.1 Å². The normalized spacial score (nSPS) is 10.9. The Kier molecular flexibility index (Phi) is 11.3. The Morgan fingerprint density at radius 3 is 2.36 bits per heavy atom. The Labute approximate surface area is 183 Å². The molecule has 1 aromatic carbocycles. The molecule has 0 radical (unpaired) electrons. The summed E-state index contributed by atoms with van der Waals surface area (Å²) in [5, 5.41) is 10.3. The van der Waals surface area contributed by atoms with Gasteiger partial charge in [0.1, 0.15) is 0 Å². The molecule has 0 unspecified atom stereocenters. The van der Waals surface area contributed by atoms with Crippen molar-refractivity contribution in [2.24, 2.45) is 4.99 Å². The number of nitrogens with zero attached hydrogens (tertiary/aromatic N) is 3. The Balaban J connectivity index is 0.00000392. The third kappa shape index (κ3) is 7.91. The summed E-state index contributed by atoms with van der Waals surface area (Å²) in [6.07, 6.45) is 1.49. The van der Waals surface area contributed by atoms with Crippen molar-refractivity contribution in [1.82, 2.24) is 20.8 Å². The van der Waals surface area contributed by atoms with Crippen molar-refractivity contribution in [1.29, 1.82) is 0 Å². The molecular formula is C19H30IN5O3. The number of aryl methyl sites for hydroxylation is 1. The predicted molar refractivity (Wildman–Crippen MR) is 120 cm³/mol. The molecule has 0 aliphatic rings. The topological polar surface area (TPSA) is 93.8 Å². The summed E-state index contributed by atoms with van der Waals surface area (Å²) in [6.45, 7) is 8.38. The van der Waals surface area contributed by atoms with Crippen LogP contribution in [0, 0.1) is 6.92 Å². The third-order valence-corrected chi connectivity index (χ3v) is 3.74. The van der Waals surface area contributed by atoms with Gasteiger partial charge in [-0.1, -0.05) is 11.2 Å². The molecule has 156 valence electrons. The SMILES string of the molecule is CCOc1ccc(CCNC(=NC)NCCc2nc(C)no2)cc1OCC.I.